The molecule has 136 valence electrons. The van der Waals surface area contributed by atoms with E-state index in [1.54, 1.807) is 0 Å². The maximum atomic E-state index is 11.7. The van der Waals surface area contributed by atoms with Crippen LogP contribution in [-0.2, 0) is 11.3 Å². The number of piperidine rings is 1. The molecule has 2 aliphatic rings. The third-order valence-electron chi connectivity index (χ3n) is 5.04. The molecule has 1 saturated heterocycles. The summed E-state index contributed by atoms with van der Waals surface area (Å²) in [5.74, 6) is 0.796. The molecule has 1 atom stereocenters. The summed E-state index contributed by atoms with van der Waals surface area (Å²) in [7, 11) is 0. The molecule has 1 aromatic rings. The highest BCUT2D eigenvalue weighted by atomic mass is 35.5. The molecule has 3 rings (SSSR count). The van der Waals surface area contributed by atoms with Crippen LogP contribution in [0.1, 0.15) is 60.7 Å². The number of nitrogens with one attached hydrogen (secondary N) is 1. The van der Waals surface area contributed by atoms with E-state index in [0.29, 0.717) is 19.0 Å². The van der Waals surface area contributed by atoms with E-state index in [-0.39, 0.29) is 18.3 Å². The van der Waals surface area contributed by atoms with E-state index in [2.05, 4.69) is 21.4 Å². The van der Waals surface area contributed by atoms with Crippen LogP contribution in [0.25, 0.3) is 0 Å². The second kappa shape index (κ2) is 9.70. The Bertz CT molecular complexity index is 520. The highest BCUT2D eigenvalue weighted by Crippen LogP contribution is 2.38. The predicted molar refractivity (Wildman–Crippen MR) is 101 cm³/mol. The number of carbonyl (C=O) groups excluding carboxylic acids is 1. The molecule has 2 heterocycles. The van der Waals surface area contributed by atoms with Crippen molar-refractivity contribution in [1.82, 2.24) is 15.2 Å². The number of rotatable bonds is 7. The van der Waals surface area contributed by atoms with Crippen molar-refractivity contribution in [2.24, 2.45) is 5.73 Å². The smallest absolute Gasteiger partial charge is 0.221 e. The molecule has 0 aromatic carbocycles. The monoisotopic (exact) mass is 372 g/mol. The second-order valence-corrected chi connectivity index (χ2v) is 7.90. The van der Waals surface area contributed by atoms with Crippen LogP contribution in [0.3, 0.4) is 0 Å². The highest BCUT2D eigenvalue weighted by Gasteiger charge is 2.25. The minimum absolute atomic E-state index is 0. The fourth-order valence-corrected chi connectivity index (χ4v) is 4.50. The Morgan fingerprint density at radius 2 is 2.17 bits per heavy atom. The Morgan fingerprint density at radius 3 is 2.88 bits per heavy atom. The van der Waals surface area contributed by atoms with Crippen molar-refractivity contribution in [1.29, 1.82) is 0 Å². The lowest BCUT2D eigenvalue weighted by Gasteiger charge is -2.35. The molecule has 0 spiro atoms. The van der Waals surface area contributed by atoms with Crippen LogP contribution in [0.2, 0.25) is 0 Å². The van der Waals surface area contributed by atoms with Gasteiger partial charge in [0.2, 0.25) is 5.91 Å². The number of hydrogen-bond donors (Lipinski definition) is 2. The molecule has 24 heavy (non-hydrogen) atoms. The van der Waals surface area contributed by atoms with Crippen molar-refractivity contribution >= 4 is 29.7 Å². The van der Waals surface area contributed by atoms with Crippen molar-refractivity contribution in [3.8, 4) is 0 Å². The quantitative estimate of drug-likeness (QED) is 0.771. The number of likely N-dealkylation sites (tertiary alicyclic amines) is 1. The summed E-state index contributed by atoms with van der Waals surface area (Å²) in [6.45, 7) is 3.26. The second-order valence-electron chi connectivity index (χ2n) is 6.76. The summed E-state index contributed by atoms with van der Waals surface area (Å²) >= 11 is 1.89. The van der Waals surface area contributed by atoms with E-state index in [1.165, 1.54) is 42.0 Å². The normalized spacial score (nSPS) is 21.8. The summed E-state index contributed by atoms with van der Waals surface area (Å²) in [6.07, 6.45) is 10.1. The molecule has 1 aliphatic heterocycles. The zero-order valence-corrected chi connectivity index (χ0v) is 15.8. The molecular formula is C17H29ClN4OS. The van der Waals surface area contributed by atoms with Crippen molar-refractivity contribution in [2.75, 3.05) is 19.6 Å². The van der Waals surface area contributed by atoms with Gasteiger partial charge in [-0.1, -0.05) is 12.8 Å². The maximum Gasteiger partial charge on any atom is 0.221 e. The number of carbonyl (C=O) groups is 1. The van der Waals surface area contributed by atoms with Gasteiger partial charge in [0.05, 0.1) is 5.01 Å². The van der Waals surface area contributed by atoms with E-state index < -0.39 is 0 Å². The first kappa shape index (κ1) is 19.6. The van der Waals surface area contributed by atoms with E-state index >= 15 is 0 Å². The highest BCUT2D eigenvalue weighted by molar-refractivity contribution is 7.11. The molecule has 0 radical (unpaired) electrons. The predicted octanol–water partition coefficient (Wildman–Crippen LogP) is 2.65. The van der Waals surface area contributed by atoms with Crippen molar-refractivity contribution < 1.29 is 4.79 Å². The van der Waals surface area contributed by atoms with Crippen LogP contribution < -0.4 is 11.1 Å². The van der Waals surface area contributed by atoms with Crippen molar-refractivity contribution in [3.05, 3.63) is 16.1 Å². The SMILES string of the molecule is Cl.NCCC(=O)NCC1CCCCN1Cc1cnc(C2CCC2)s1. The number of hydrogen-bond acceptors (Lipinski definition) is 5. The van der Waals surface area contributed by atoms with Gasteiger partial charge in [0.25, 0.3) is 0 Å². The fraction of sp³-hybridized carbons (Fsp3) is 0.765. The van der Waals surface area contributed by atoms with Crippen LogP contribution in [0.5, 0.6) is 0 Å². The lowest BCUT2D eigenvalue weighted by atomic mass is 9.86. The third kappa shape index (κ3) is 5.15. The van der Waals surface area contributed by atoms with Gasteiger partial charge in [-0.05, 0) is 32.2 Å². The van der Waals surface area contributed by atoms with Crippen LogP contribution in [0.4, 0.5) is 0 Å². The number of halogens is 1. The van der Waals surface area contributed by atoms with Gasteiger partial charge >= 0.3 is 0 Å². The molecule has 3 N–H and O–H groups in total. The lowest BCUT2D eigenvalue weighted by molar-refractivity contribution is -0.121. The minimum atomic E-state index is 0. The Hall–Kier alpha value is -0.690. The topological polar surface area (TPSA) is 71.2 Å². The summed E-state index contributed by atoms with van der Waals surface area (Å²) in [6, 6.07) is 0.444. The average molecular weight is 373 g/mol. The van der Waals surface area contributed by atoms with Gasteiger partial charge in [-0.15, -0.1) is 23.7 Å². The zero-order chi connectivity index (χ0) is 16.1. The van der Waals surface area contributed by atoms with Crippen molar-refractivity contribution in [3.63, 3.8) is 0 Å². The molecule has 1 aromatic heterocycles. The first-order chi connectivity index (χ1) is 11.3. The minimum Gasteiger partial charge on any atom is -0.354 e. The van der Waals surface area contributed by atoms with Crippen LogP contribution in [-0.4, -0.2) is 41.5 Å². The molecule has 1 saturated carbocycles. The van der Waals surface area contributed by atoms with Gasteiger partial charge in [0.15, 0.2) is 0 Å². The Morgan fingerprint density at radius 1 is 1.33 bits per heavy atom. The summed E-state index contributed by atoms with van der Waals surface area (Å²) in [4.78, 5) is 20.2. The number of thiazole rings is 1. The number of amides is 1. The Kier molecular flexibility index (Phi) is 7.94. The summed E-state index contributed by atoms with van der Waals surface area (Å²) in [5, 5.41) is 4.37. The van der Waals surface area contributed by atoms with E-state index in [1.807, 2.05) is 11.3 Å². The average Bonchev–Trinajstić information content (AvgIpc) is 2.93. The van der Waals surface area contributed by atoms with Gasteiger partial charge in [0.1, 0.15) is 0 Å². The largest absolute Gasteiger partial charge is 0.354 e. The van der Waals surface area contributed by atoms with Crippen LogP contribution in [0, 0.1) is 0 Å². The standard InChI is InChI=1S/C17H28N4OS.ClH/c18-8-7-16(22)19-10-14-6-1-2-9-21(14)12-15-11-20-17(23-15)13-4-3-5-13;/h11,13-14H,1-10,12,18H2,(H,19,22);1H. The number of aromatic nitrogens is 1. The van der Waals surface area contributed by atoms with Gasteiger partial charge in [-0.3, -0.25) is 9.69 Å². The third-order valence-corrected chi connectivity index (χ3v) is 6.18. The molecule has 7 heteroatoms. The first-order valence-corrected chi connectivity index (χ1v) is 9.73. The zero-order valence-electron chi connectivity index (χ0n) is 14.2. The maximum absolute atomic E-state index is 11.7. The van der Waals surface area contributed by atoms with E-state index in [4.69, 9.17) is 5.73 Å². The van der Waals surface area contributed by atoms with E-state index in [0.717, 1.165) is 32.0 Å². The van der Waals surface area contributed by atoms with Crippen LogP contribution >= 0.6 is 23.7 Å². The fourth-order valence-electron chi connectivity index (χ4n) is 3.39. The molecule has 1 amide bonds. The lowest BCUT2D eigenvalue weighted by Crippen LogP contribution is -2.46. The van der Waals surface area contributed by atoms with Gasteiger partial charge in [0, 0.05) is 49.1 Å². The number of nitrogens with zero attached hydrogens (tertiary/aromatic N) is 2. The van der Waals surface area contributed by atoms with E-state index in [9.17, 15) is 4.79 Å². The van der Waals surface area contributed by atoms with Gasteiger partial charge in [-0.2, -0.15) is 0 Å². The Balaban J connectivity index is 0.00000208. The summed E-state index contributed by atoms with van der Waals surface area (Å²) in [5.41, 5.74) is 5.43. The first-order valence-electron chi connectivity index (χ1n) is 8.91. The van der Waals surface area contributed by atoms with Gasteiger partial charge < -0.3 is 11.1 Å². The molecule has 1 aliphatic carbocycles. The Labute approximate surface area is 154 Å². The molecule has 1 unspecified atom stereocenters. The van der Waals surface area contributed by atoms with Crippen LogP contribution in [0.15, 0.2) is 6.20 Å². The summed E-state index contributed by atoms with van der Waals surface area (Å²) < 4.78 is 0. The molecule has 0 bridgehead atoms. The van der Waals surface area contributed by atoms with Crippen molar-refractivity contribution in [2.45, 2.75) is 63.5 Å². The number of nitrogens with two attached hydrogens (primary N) is 1. The molecular weight excluding hydrogens is 344 g/mol. The molecule has 5 nitrogen and oxygen atoms in total. The van der Waals surface area contributed by atoms with Gasteiger partial charge in [-0.25, -0.2) is 4.98 Å². The molecule has 2 fully saturated rings.